The van der Waals surface area contributed by atoms with Gasteiger partial charge in [-0.05, 0) is 29.0 Å². The zero-order chi connectivity index (χ0) is 13.5. The minimum atomic E-state index is 0.624. The second-order valence-electron chi connectivity index (χ2n) is 3.90. The highest BCUT2D eigenvalue weighted by Crippen LogP contribution is 2.34. The molecule has 0 atom stereocenters. The monoisotopic (exact) mass is 316 g/mol. The predicted octanol–water partition coefficient (Wildman–Crippen LogP) is 2.76. The second kappa shape index (κ2) is 7.48. The lowest BCUT2D eigenvalue weighted by molar-refractivity contribution is 0.217. The molecule has 2 N–H and O–H groups in total. The molecule has 1 rings (SSSR count). The highest BCUT2D eigenvalue weighted by atomic mass is 79.9. The minimum Gasteiger partial charge on any atom is -0.493 e. The van der Waals surface area contributed by atoms with Crippen molar-refractivity contribution in [3.63, 3.8) is 0 Å². The molecule has 1 aromatic rings. The first kappa shape index (κ1) is 15.1. The van der Waals surface area contributed by atoms with Gasteiger partial charge in [-0.3, -0.25) is 0 Å². The number of likely N-dealkylation sites (N-methyl/N-ethyl adjacent to an activating group) is 1. The molecule has 0 heterocycles. The van der Waals surface area contributed by atoms with Crippen molar-refractivity contribution < 1.29 is 9.47 Å². The maximum Gasteiger partial charge on any atom is 0.163 e. The molecule has 0 aromatic heterocycles. The maximum absolute atomic E-state index is 5.84. The van der Waals surface area contributed by atoms with Gasteiger partial charge >= 0.3 is 0 Å². The molecule has 0 saturated carbocycles. The van der Waals surface area contributed by atoms with Crippen LogP contribution in [-0.4, -0.2) is 38.3 Å². The number of hydrogen-bond acceptors (Lipinski definition) is 4. The van der Waals surface area contributed by atoms with E-state index in [1.165, 1.54) is 0 Å². The van der Waals surface area contributed by atoms with Crippen LogP contribution in [-0.2, 0) is 0 Å². The zero-order valence-electron chi connectivity index (χ0n) is 11.2. The van der Waals surface area contributed by atoms with Crippen LogP contribution in [0.3, 0.4) is 0 Å². The summed E-state index contributed by atoms with van der Waals surface area (Å²) in [5, 5.41) is 0. The number of nitrogen functional groups attached to an aromatic ring is 1. The van der Waals surface area contributed by atoms with Crippen molar-refractivity contribution in [1.82, 2.24) is 4.90 Å². The molecule has 4 nitrogen and oxygen atoms in total. The molecular formula is C13H21BrN2O2. The number of nitrogens with zero attached hydrogens (tertiary/aromatic N) is 1. The van der Waals surface area contributed by atoms with Crippen molar-refractivity contribution in [3.8, 4) is 11.5 Å². The van der Waals surface area contributed by atoms with Crippen molar-refractivity contribution in [2.75, 3.05) is 39.1 Å². The van der Waals surface area contributed by atoms with E-state index in [0.717, 1.165) is 24.1 Å². The van der Waals surface area contributed by atoms with Gasteiger partial charge in [0.25, 0.3) is 0 Å². The van der Waals surface area contributed by atoms with Gasteiger partial charge in [-0.1, -0.05) is 13.8 Å². The first-order chi connectivity index (χ1) is 8.62. The Bertz CT molecular complexity index is 381. The topological polar surface area (TPSA) is 47.7 Å². The van der Waals surface area contributed by atoms with E-state index in [9.17, 15) is 0 Å². The number of nitrogens with two attached hydrogens (primary N) is 1. The summed E-state index contributed by atoms with van der Waals surface area (Å²) in [6.45, 7) is 7.85. The van der Waals surface area contributed by atoms with Gasteiger partial charge in [0.05, 0.1) is 7.11 Å². The smallest absolute Gasteiger partial charge is 0.163 e. The molecule has 102 valence electrons. The van der Waals surface area contributed by atoms with Crippen molar-refractivity contribution in [2.45, 2.75) is 13.8 Å². The molecule has 0 fully saturated rings. The molecule has 0 unspecified atom stereocenters. The lowest BCUT2D eigenvalue weighted by atomic mass is 10.3. The average Bonchev–Trinajstić information content (AvgIpc) is 2.38. The van der Waals surface area contributed by atoms with E-state index in [1.807, 2.05) is 6.07 Å². The van der Waals surface area contributed by atoms with E-state index in [0.29, 0.717) is 23.8 Å². The summed E-state index contributed by atoms with van der Waals surface area (Å²) in [4.78, 5) is 2.30. The van der Waals surface area contributed by atoms with Crippen LogP contribution in [0.4, 0.5) is 5.69 Å². The molecule has 0 aliphatic rings. The quantitative estimate of drug-likeness (QED) is 0.786. The Labute approximate surface area is 117 Å². The van der Waals surface area contributed by atoms with Crippen LogP contribution in [0.25, 0.3) is 0 Å². The molecule has 0 aliphatic carbocycles. The number of halogens is 1. The lowest BCUT2D eigenvalue weighted by Crippen LogP contribution is -2.27. The van der Waals surface area contributed by atoms with Crippen molar-refractivity contribution in [3.05, 3.63) is 16.6 Å². The number of anilines is 1. The minimum absolute atomic E-state index is 0.624. The Balaban J connectivity index is 2.63. The summed E-state index contributed by atoms with van der Waals surface area (Å²) < 4.78 is 11.8. The Morgan fingerprint density at radius 3 is 2.44 bits per heavy atom. The van der Waals surface area contributed by atoms with E-state index in [1.54, 1.807) is 13.2 Å². The Kier molecular flexibility index (Phi) is 6.29. The predicted molar refractivity (Wildman–Crippen MR) is 78.4 cm³/mol. The van der Waals surface area contributed by atoms with Crippen molar-refractivity contribution in [2.24, 2.45) is 0 Å². The summed E-state index contributed by atoms with van der Waals surface area (Å²) in [6.07, 6.45) is 0. The number of methoxy groups -OCH3 is 1. The largest absolute Gasteiger partial charge is 0.493 e. The van der Waals surface area contributed by atoms with Crippen molar-refractivity contribution >= 4 is 21.6 Å². The number of benzene rings is 1. The average molecular weight is 317 g/mol. The van der Waals surface area contributed by atoms with Gasteiger partial charge < -0.3 is 20.1 Å². The van der Waals surface area contributed by atoms with Gasteiger partial charge in [0.15, 0.2) is 11.5 Å². The van der Waals surface area contributed by atoms with E-state index >= 15 is 0 Å². The summed E-state index contributed by atoms with van der Waals surface area (Å²) in [6, 6.07) is 3.60. The third-order valence-electron chi connectivity index (χ3n) is 2.84. The third-order valence-corrected chi connectivity index (χ3v) is 3.53. The number of ether oxygens (including phenoxy) is 2. The molecular weight excluding hydrogens is 296 g/mol. The summed E-state index contributed by atoms with van der Waals surface area (Å²) in [5.41, 5.74) is 6.48. The van der Waals surface area contributed by atoms with Crippen LogP contribution in [0.2, 0.25) is 0 Å². The fraction of sp³-hybridized carbons (Fsp3) is 0.538. The first-order valence-electron chi connectivity index (χ1n) is 6.10. The third kappa shape index (κ3) is 4.07. The van der Waals surface area contributed by atoms with Gasteiger partial charge in [-0.15, -0.1) is 0 Å². The van der Waals surface area contributed by atoms with E-state index < -0.39 is 0 Å². The van der Waals surface area contributed by atoms with Gasteiger partial charge in [-0.2, -0.15) is 0 Å². The van der Waals surface area contributed by atoms with Crippen LogP contribution < -0.4 is 15.2 Å². The normalized spacial score (nSPS) is 10.7. The van der Waals surface area contributed by atoms with Crippen LogP contribution in [0.5, 0.6) is 11.5 Å². The van der Waals surface area contributed by atoms with Gasteiger partial charge in [0, 0.05) is 28.8 Å². The van der Waals surface area contributed by atoms with E-state index in [4.69, 9.17) is 15.2 Å². The molecule has 1 aromatic carbocycles. The Morgan fingerprint density at radius 1 is 1.22 bits per heavy atom. The molecule has 0 spiro atoms. The highest BCUT2D eigenvalue weighted by Gasteiger charge is 2.09. The maximum atomic E-state index is 5.84. The summed E-state index contributed by atoms with van der Waals surface area (Å²) in [7, 11) is 1.62. The molecule has 0 aliphatic heterocycles. The van der Waals surface area contributed by atoms with E-state index in [2.05, 4.69) is 34.7 Å². The molecule has 18 heavy (non-hydrogen) atoms. The Hall–Kier alpha value is -0.940. The van der Waals surface area contributed by atoms with Gasteiger partial charge in [-0.25, -0.2) is 0 Å². The fourth-order valence-electron chi connectivity index (χ4n) is 1.65. The molecule has 0 saturated heterocycles. The standard InChI is InChI=1S/C13H21BrN2O2/c1-4-16(5-2)6-7-18-13-9-11(15)10(14)8-12(13)17-3/h8-9H,4-7,15H2,1-3H3. The second-order valence-corrected chi connectivity index (χ2v) is 4.75. The lowest BCUT2D eigenvalue weighted by Gasteiger charge is -2.19. The van der Waals surface area contributed by atoms with Crippen LogP contribution in [0.15, 0.2) is 16.6 Å². The van der Waals surface area contributed by atoms with Crippen molar-refractivity contribution in [1.29, 1.82) is 0 Å². The fourth-order valence-corrected chi connectivity index (χ4v) is 1.97. The van der Waals surface area contributed by atoms with Gasteiger partial charge in [0.1, 0.15) is 6.61 Å². The number of hydrogen-bond donors (Lipinski definition) is 1. The van der Waals surface area contributed by atoms with Gasteiger partial charge in [0.2, 0.25) is 0 Å². The molecule has 0 bridgehead atoms. The zero-order valence-corrected chi connectivity index (χ0v) is 12.8. The summed E-state index contributed by atoms with van der Waals surface area (Å²) in [5.74, 6) is 1.38. The molecule has 0 radical (unpaired) electrons. The molecule has 5 heteroatoms. The molecule has 0 amide bonds. The van der Waals surface area contributed by atoms with Crippen LogP contribution in [0, 0.1) is 0 Å². The first-order valence-corrected chi connectivity index (χ1v) is 6.89. The SMILES string of the molecule is CCN(CC)CCOc1cc(N)c(Br)cc1OC. The van der Waals surface area contributed by atoms with E-state index in [-0.39, 0.29) is 0 Å². The number of rotatable bonds is 7. The van der Waals surface area contributed by atoms with Crippen LogP contribution in [0.1, 0.15) is 13.8 Å². The Morgan fingerprint density at radius 2 is 1.89 bits per heavy atom. The van der Waals surface area contributed by atoms with Crippen LogP contribution >= 0.6 is 15.9 Å². The summed E-state index contributed by atoms with van der Waals surface area (Å²) >= 11 is 3.37. The highest BCUT2D eigenvalue weighted by molar-refractivity contribution is 9.10.